The van der Waals surface area contributed by atoms with Gasteiger partial charge in [-0.3, -0.25) is 9.59 Å². The summed E-state index contributed by atoms with van der Waals surface area (Å²) in [5.74, 6) is 0.590. The number of carbonyl (C=O) groups excluding carboxylic acids is 1. The number of hydrogen-bond acceptors (Lipinski definition) is 4. The average Bonchev–Trinajstić information content (AvgIpc) is 3.11. The molecule has 6 nitrogen and oxygen atoms in total. The normalized spacial score (nSPS) is 16.7. The number of benzene rings is 1. The Hall–Kier alpha value is -2.57. The van der Waals surface area contributed by atoms with Gasteiger partial charge < -0.3 is 20.1 Å². The second kappa shape index (κ2) is 9.76. The van der Waals surface area contributed by atoms with Gasteiger partial charge in [0.15, 0.2) is 0 Å². The average molecular weight is 417 g/mol. The molecule has 2 heterocycles. The molecule has 0 radical (unpaired) electrons. The van der Waals surface area contributed by atoms with Crippen LogP contribution in [0.3, 0.4) is 0 Å². The molecule has 29 heavy (non-hydrogen) atoms. The molecule has 3 rings (SSSR count). The molecule has 1 amide bonds. The minimum absolute atomic E-state index is 0.0210. The highest BCUT2D eigenvalue weighted by Gasteiger charge is 2.21. The molecule has 0 saturated carbocycles. The fourth-order valence-corrected chi connectivity index (χ4v) is 3.43. The number of ether oxygens (including phenoxy) is 1. The lowest BCUT2D eigenvalue weighted by atomic mass is 9.98. The van der Waals surface area contributed by atoms with Crippen molar-refractivity contribution in [3.8, 4) is 5.75 Å². The molecule has 1 atom stereocenters. The Bertz CT molecular complexity index is 968. The second-order valence-electron chi connectivity index (χ2n) is 7.10. The minimum Gasteiger partial charge on any atom is -0.492 e. The van der Waals surface area contributed by atoms with E-state index in [1.807, 2.05) is 18.2 Å². The lowest BCUT2D eigenvalue weighted by molar-refractivity contribution is -0.119. The maximum Gasteiger partial charge on any atom is 0.251 e. The summed E-state index contributed by atoms with van der Waals surface area (Å²) >= 11 is 6.43. The number of amides is 1. The highest BCUT2D eigenvalue weighted by atomic mass is 35.5. The highest BCUT2D eigenvalue weighted by molar-refractivity contribution is 6.32. The van der Waals surface area contributed by atoms with Crippen LogP contribution in [0.1, 0.15) is 42.5 Å². The van der Waals surface area contributed by atoms with Crippen molar-refractivity contribution in [3.05, 3.63) is 68.6 Å². The SMILES string of the molecule is Cc1ccc(/C(=C/[C@H]2CCC(=O)N2)c2ccc(OCCCCO)c(Cl)c2)[nH]c1=O. The van der Waals surface area contributed by atoms with Crippen molar-refractivity contribution in [2.45, 2.75) is 38.6 Å². The number of pyridine rings is 1. The third kappa shape index (κ3) is 5.49. The van der Waals surface area contributed by atoms with Gasteiger partial charge in [0.1, 0.15) is 5.75 Å². The molecule has 0 bridgehead atoms. The van der Waals surface area contributed by atoms with Crippen molar-refractivity contribution in [2.24, 2.45) is 0 Å². The molecule has 1 aromatic heterocycles. The Morgan fingerprint density at radius 1 is 1.28 bits per heavy atom. The minimum atomic E-state index is -0.154. The summed E-state index contributed by atoms with van der Waals surface area (Å²) in [6.07, 6.45) is 4.57. The topological polar surface area (TPSA) is 91.4 Å². The standard InChI is InChI=1S/C22H25ClN2O4/c1-14-4-7-19(25-22(14)28)17(13-16-6-9-21(27)24-16)15-5-8-20(18(23)12-15)29-11-3-2-10-26/h4-5,7-8,12-13,16,26H,2-3,6,9-11H2,1H3,(H,24,27)(H,25,28)/b17-13+/t16-/m1/s1. The van der Waals surface area contributed by atoms with Crippen molar-refractivity contribution in [1.29, 1.82) is 0 Å². The summed E-state index contributed by atoms with van der Waals surface area (Å²) in [5.41, 5.74) is 2.75. The van der Waals surface area contributed by atoms with Gasteiger partial charge in [0.05, 0.1) is 11.6 Å². The third-order valence-corrected chi connectivity index (χ3v) is 5.14. The number of carbonyl (C=O) groups is 1. The molecule has 0 aliphatic carbocycles. The molecular weight excluding hydrogens is 392 g/mol. The number of hydrogen-bond donors (Lipinski definition) is 3. The Labute approximate surface area is 174 Å². The van der Waals surface area contributed by atoms with Crippen molar-refractivity contribution in [3.63, 3.8) is 0 Å². The van der Waals surface area contributed by atoms with Crippen LogP contribution < -0.4 is 15.6 Å². The molecule has 0 unspecified atom stereocenters. The van der Waals surface area contributed by atoms with E-state index in [1.54, 1.807) is 25.1 Å². The molecule has 1 saturated heterocycles. The molecular formula is C22H25ClN2O4. The molecule has 0 spiro atoms. The number of H-pyrrole nitrogens is 1. The number of aryl methyl sites for hydroxylation is 1. The van der Waals surface area contributed by atoms with Crippen LogP contribution in [0.25, 0.3) is 5.57 Å². The van der Waals surface area contributed by atoms with Crippen molar-refractivity contribution < 1.29 is 14.6 Å². The van der Waals surface area contributed by atoms with Gasteiger partial charge in [0.2, 0.25) is 5.91 Å². The summed E-state index contributed by atoms with van der Waals surface area (Å²) < 4.78 is 5.68. The summed E-state index contributed by atoms with van der Waals surface area (Å²) in [5, 5.41) is 12.2. The van der Waals surface area contributed by atoms with E-state index in [1.165, 1.54) is 0 Å². The number of nitrogens with one attached hydrogen (secondary N) is 2. The van der Waals surface area contributed by atoms with E-state index in [9.17, 15) is 9.59 Å². The molecule has 1 fully saturated rings. The van der Waals surface area contributed by atoms with Gasteiger partial charge in [0.25, 0.3) is 5.56 Å². The van der Waals surface area contributed by atoms with E-state index in [2.05, 4.69) is 10.3 Å². The van der Waals surface area contributed by atoms with Crippen LogP contribution in [0.2, 0.25) is 5.02 Å². The number of aliphatic hydroxyl groups excluding tert-OH is 1. The smallest absolute Gasteiger partial charge is 0.251 e. The monoisotopic (exact) mass is 416 g/mol. The van der Waals surface area contributed by atoms with Gasteiger partial charge in [-0.1, -0.05) is 29.8 Å². The Kier molecular flexibility index (Phi) is 7.12. The number of unbranched alkanes of at least 4 members (excludes halogenated alkanes) is 1. The molecule has 1 aliphatic rings. The largest absolute Gasteiger partial charge is 0.492 e. The number of halogens is 1. The Balaban J connectivity index is 1.92. The van der Waals surface area contributed by atoms with Gasteiger partial charge in [0, 0.05) is 35.9 Å². The van der Waals surface area contributed by atoms with Gasteiger partial charge >= 0.3 is 0 Å². The molecule has 1 aromatic carbocycles. The summed E-state index contributed by atoms with van der Waals surface area (Å²) in [4.78, 5) is 26.6. The van der Waals surface area contributed by atoms with Gasteiger partial charge in [-0.05, 0) is 49.9 Å². The Morgan fingerprint density at radius 2 is 2.10 bits per heavy atom. The summed E-state index contributed by atoms with van der Waals surface area (Å²) in [7, 11) is 0. The zero-order chi connectivity index (χ0) is 20.8. The van der Waals surface area contributed by atoms with E-state index in [4.69, 9.17) is 21.4 Å². The molecule has 154 valence electrons. The van der Waals surface area contributed by atoms with E-state index in [-0.39, 0.29) is 24.1 Å². The van der Waals surface area contributed by atoms with Crippen LogP contribution in [-0.4, -0.2) is 35.3 Å². The lowest BCUT2D eigenvalue weighted by Crippen LogP contribution is -2.23. The molecule has 2 aromatic rings. The van der Waals surface area contributed by atoms with Crippen LogP contribution in [0.4, 0.5) is 0 Å². The van der Waals surface area contributed by atoms with Crippen molar-refractivity contribution >= 4 is 23.1 Å². The first-order valence-electron chi connectivity index (χ1n) is 9.73. The van der Waals surface area contributed by atoms with Crippen molar-refractivity contribution in [1.82, 2.24) is 10.3 Å². The lowest BCUT2D eigenvalue weighted by Gasteiger charge is -2.14. The number of aromatic amines is 1. The van der Waals surface area contributed by atoms with Crippen LogP contribution in [-0.2, 0) is 4.79 Å². The zero-order valence-electron chi connectivity index (χ0n) is 16.3. The maximum absolute atomic E-state index is 12.1. The zero-order valence-corrected chi connectivity index (χ0v) is 17.1. The van der Waals surface area contributed by atoms with Crippen LogP contribution in [0.15, 0.2) is 41.2 Å². The summed E-state index contributed by atoms with van der Waals surface area (Å²) in [6, 6.07) is 9.00. The van der Waals surface area contributed by atoms with Gasteiger partial charge in [-0.25, -0.2) is 0 Å². The fraction of sp³-hybridized carbons (Fsp3) is 0.364. The quantitative estimate of drug-likeness (QED) is 0.576. The molecule has 7 heteroatoms. The molecule has 1 aliphatic heterocycles. The number of rotatable bonds is 8. The van der Waals surface area contributed by atoms with Gasteiger partial charge in [-0.2, -0.15) is 0 Å². The fourth-order valence-electron chi connectivity index (χ4n) is 3.19. The number of aliphatic hydroxyl groups is 1. The number of aromatic nitrogens is 1. The van der Waals surface area contributed by atoms with Gasteiger partial charge in [-0.15, -0.1) is 0 Å². The highest BCUT2D eigenvalue weighted by Crippen LogP contribution is 2.31. The Morgan fingerprint density at radius 3 is 2.76 bits per heavy atom. The predicted octanol–water partition coefficient (Wildman–Crippen LogP) is 3.20. The summed E-state index contributed by atoms with van der Waals surface area (Å²) in [6.45, 7) is 2.36. The van der Waals surface area contributed by atoms with E-state index in [0.717, 1.165) is 17.6 Å². The van der Waals surface area contributed by atoms with Crippen molar-refractivity contribution in [2.75, 3.05) is 13.2 Å². The first-order valence-corrected chi connectivity index (χ1v) is 10.1. The maximum atomic E-state index is 12.1. The predicted molar refractivity (Wildman–Crippen MR) is 113 cm³/mol. The van der Waals surface area contributed by atoms with Crippen LogP contribution in [0, 0.1) is 6.92 Å². The first-order chi connectivity index (χ1) is 14.0. The molecule has 3 N–H and O–H groups in total. The third-order valence-electron chi connectivity index (χ3n) is 4.85. The van der Waals surface area contributed by atoms with E-state index in [0.29, 0.717) is 47.9 Å². The second-order valence-corrected chi connectivity index (χ2v) is 7.51. The van der Waals surface area contributed by atoms with Crippen LogP contribution in [0.5, 0.6) is 5.75 Å². The van der Waals surface area contributed by atoms with Crippen LogP contribution >= 0.6 is 11.6 Å². The first kappa shape index (κ1) is 21.1. The van der Waals surface area contributed by atoms with E-state index < -0.39 is 0 Å². The van der Waals surface area contributed by atoms with E-state index >= 15 is 0 Å².